The fraction of sp³-hybridized carbons (Fsp3) is 0.474. The molecule has 1 aliphatic rings. The van der Waals surface area contributed by atoms with Crippen LogP contribution in [0.5, 0.6) is 0 Å². The molecule has 2 heteroatoms. The first kappa shape index (κ1) is 18.3. The van der Waals surface area contributed by atoms with Gasteiger partial charge in [-0.05, 0) is 31.3 Å². The van der Waals surface area contributed by atoms with Gasteiger partial charge in [-0.2, -0.15) is 12.1 Å². The monoisotopic (exact) mass is 371 g/mol. The Morgan fingerprint density at radius 2 is 1.52 bits per heavy atom. The van der Waals surface area contributed by atoms with E-state index in [1.807, 2.05) is 30.3 Å². The van der Waals surface area contributed by atoms with Crippen molar-refractivity contribution in [3.8, 4) is 0 Å². The van der Waals surface area contributed by atoms with Crippen molar-refractivity contribution in [1.29, 1.82) is 0 Å². The second-order valence-corrected chi connectivity index (χ2v) is 5.81. The summed E-state index contributed by atoms with van der Waals surface area (Å²) in [6.45, 7) is 3.46. The topological polar surface area (TPSA) is 12.0 Å². The number of hydrogen-bond acceptors (Lipinski definition) is 1. The third-order valence-electron chi connectivity index (χ3n) is 4.18. The number of nitrogens with one attached hydrogen (secondary N) is 1. The van der Waals surface area contributed by atoms with Crippen LogP contribution < -0.4 is 5.32 Å². The maximum atomic E-state index is 3.65. The Bertz CT molecular complexity index is 395. The van der Waals surface area contributed by atoms with Crippen molar-refractivity contribution < 1.29 is 19.5 Å². The molecule has 1 nitrogen and oxygen atoms in total. The molecule has 3 rings (SSSR count). The predicted octanol–water partition coefficient (Wildman–Crippen LogP) is 5.04. The number of hydrogen-bond donors (Lipinski definition) is 1. The maximum absolute atomic E-state index is 3.65. The second kappa shape index (κ2) is 10.9. The minimum Gasteiger partial charge on any atom is -0.748 e. The van der Waals surface area contributed by atoms with Crippen LogP contribution in [0.3, 0.4) is 0 Å². The van der Waals surface area contributed by atoms with Crippen LogP contribution >= 0.6 is 0 Å². The summed E-state index contributed by atoms with van der Waals surface area (Å²) in [6, 6.07) is 19.2. The molecule has 0 bridgehead atoms. The fourth-order valence-corrected chi connectivity index (χ4v) is 2.85. The first-order valence-corrected chi connectivity index (χ1v) is 7.98. The average Bonchev–Trinajstić information content (AvgIpc) is 3.20. The zero-order valence-electron chi connectivity index (χ0n) is 12.9. The van der Waals surface area contributed by atoms with Crippen LogP contribution in [0.25, 0.3) is 0 Å². The van der Waals surface area contributed by atoms with Gasteiger partial charge in [-0.3, -0.25) is 0 Å². The third-order valence-corrected chi connectivity index (χ3v) is 4.18. The van der Waals surface area contributed by atoms with Crippen molar-refractivity contribution in [3.63, 3.8) is 0 Å². The van der Waals surface area contributed by atoms with Gasteiger partial charge in [-0.15, -0.1) is 5.56 Å². The van der Waals surface area contributed by atoms with Crippen molar-refractivity contribution in [1.82, 2.24) is 5.32 Å². The predicted molar refractivity (Wildman–Crippen MR) is 87.1 cm³/mol. The third kappa shape index (κ3) is 7.20. The molecule has 2 aromatic rings. The van der Waals surface area contributed by atoms with Crippen LogP contribution in [0.1, 0.15) is 50.6 Å². The molecule has 1 saturated carbocycles. The minimum atomic E-state index is 0. The molecule has 0 amide bonds. The zero-order valence-corrected chi connectivity index (χ0v) is 14.7. The van der Waals surface area contributed by atoms with E-state index in [1.54, 1.807) is 0 Å². The van der Waals surface area contributed by atoms with Gasteiger partial charge >= 0.3 is 0 Å². The largest absolute Gasteiger partial charge is 0.748 e. The molecule has 1 fully saturated rings. The van der Waals surface area contributed by atoms with Crippen LogP contribution in [-0.4, -0.2) is 6.54 Å². The Kier molecular flexibility index (Phi) is 9.54. The molecule has 0 aromatic heterocycles. The molecule has 1 N–H and O–H groups in total. The molecule has 0 radical (unpaired) electrons. The second-order valence-electron chi connectivity index (χ2n) is 5.81. The molecular weight excluding hydrogens is 343 g/mol. The van der Waals surface area contributed by atoms with E-state index >= 15 is 0 Å². The summed E-state index contributed by atoms with van der Waals surface area (Å²) in [7, 11) is 0. The molecule has 122 valence electrons. The van der Waals surface area contributed by atoms with Gasteiger partial charge < -0.3 is 35.6 Å². The van der Waals surface area contributed by atoms with Gasteiger partial charge in [0.2, 0.25) is 0 Å². The Morgan fingerprint density at radius 3 is 2.05 bits per heavy atom. The van der Waals surface area contributed by atoms with Crippen LogP contribution in [0.4, 0.5) is 0 Å². The van der Waals surface area contributed by atoms with Gasteiger partial charge in [0.25, 0.3) is 0 Å². The summed E-state index contributed by atoms with van der Waals surface area (Å²) in [5.74, 6) is 0.927. The normalized spacial score (nSPS) is 16.4. The molecule has 21 heavy (non-hydrogen) atoms. The van der Waals surface area contributed by atoms with Crippen molar-refractivity contribution in [2.75, 3.05) is 6.54 Å². The van der Waals surface area contributed by atoms with E-state index < -0.39 is 0 Å². The molecule has 1 atom stereocenters. The Labute approximate surface area is 142 Å². The van der Waals surface area contributed by atoms with Crippen molar-refractivity contribution in [2.45, 2.75) is 45.1 Å². The van der Waals surface area contributed by atoms with Crippen LogP contribution in [0, 0.1) is 5.92 Å². The van der Waals surface area contributed by atoms with Gasteiger partial charge in [0.05, 0.1) is 0 Å². The molecule has 2 aromatic carbocycles. The standard InChI is InChI=1S/C14H22N.C5H5.Ru/c1-12(14-9-5-6-10-14)15-11-13-7-3-2-4-8-13;1-2-4-5-3-1;/h5-6,9-10,12-13,15H,2-4,7-8,11H2,1H3;1-5H;/q-1;-5;. The van der Waals surface area contributed by atoms with E-state index in [4.69, 9.17) is 0 Å². The Balaban J connectivity index is 0.000000313. The average molecular weight is 371 g/mol. The van der Waals surface area contributed by atoms with Crippen LogP contribution in [0.15, 0.2) is 54.6 Å². The smallest absolute Gasteiger partial charge is 0 e. The molecular formula is C19H27NRu-6. The Morgan fingerprint density at radius 1 is 1.00 bits per heavy atom. The molecule has 1 aliphatic carbocycles. The van der Waals surface area contributed by atoms with E-state index in [0.717, 1.165) is 5.92 Å². The van der Waals surface area contributed by atoms with Crippen LogP contribution in [0.2, 0.25) is 0 Å². The van der Waals surface area contributed by atoms with E-state index in [-0.39, 0.29) is 19.5 Å². The molecule has 0 saturated heterocycles. The molecule has 1 unspecified atom stereocenters. The summed E-state index contributed by atoms with van der Waals surface area (Å²) in [5, 5.41) is 3.65. The van der Waals surface area contributed by atoms with Gasteiger partial charge in [-0.1, -0.05) is 26.2 Å². The number of rotatable bonds is 4. The van der Waals surface area contributed by atoms with E-state index in [9.17, 15) is 0 Å². The van der Waals surface area contributed by atoms with E-state index in [1.165, 1.54) is 44.2 Å². The van der Waals surface area contributed by atoms with Gasteiger partial charge in [-0.25, -0.2) is 12.1 Å². The van der Waals surface area contributed by atoms with E-state index in [2.05, 4.69) is 36.5 Å². The first-order chi connectivity index (χ1) is 9.86. The van der Waals surface area contributed by atoms with Gasteiger partial charge in [0.15, 0.2) is 0 Å². The van der Waals surface area contributed by atoms with Crippen molar-refractivity contribution in [2.24, 2.45) is 5.92 Å². The van der Waals surface area contributed by atoms with Crippen molar-refractivity contribution in [3.05, 3.63) is 60.2 Å². The van der Waals surface area contributed by atoms with Crippen LogP contribution in [-0.2, 0) is 19.5 Å². The Hall–Kier alpha value is -0.717. The molecule has 0 aliphatic heterocycles. The summed E-state index contributed by atoms with van der Waals surface area (Å²) in [4.78, 5) is 0. The summed E-state index contributed by atoms with van der Waals surface area (Å²) in [6.07, 6.45) is 7.20. The van der Waals surface area contributed by atoms with Gasteiger partial charge in [0.1, 0.15) is 0 Å². The minimum absolute atomic E-state index is 0. The summed E-state index contributed by atoms with van der Waals surface area (Å²) >= 11 is 0. The maximum Gasteiger partial charge on any atom is 0 e. The quantitative estimate of drug-likeness (QED) is 0.587. The molecule has 0 heterocycles. The summed E-state index contributed by atoms with van der Waals surface area (Å²) in [5.41, 5.74) is 1.42. The van der Waals surface area contributed by atoms with Crippen molar-refractivity contribution >= 4 is 0 Å². The first-order valence-electron chi connectivity index (χ1n) is 7.98. The molecule has 0 spiro atoms. The SMILES string of the molecule is CC(NCC1CCCCC1)[c-]1cccc1.[Ru].[cH-]1[cH-][cH-][cH-][cH-]1. The summed E-state index contributed by atoms with van der Waals surface area (Å²) < 4.78 is 0. The fourth-order valence-electron chi connectivity index (χ4n) is 2.85. The zero-order chi connectivity index (χ0) is 14.0. The van der Waals surface area contributed by atoms with E-state index in [0.29, 0.717) is 6.04 Å². The van der Waals surface area contributed by atoms with Gasteiger partial charge in [0, 0.05) is 19.5 Å².